The molecule has 6 aromatic rings. The van der Waals surface area contributed by atoms with Crippen LogP contribution in [0.2, 0.25) is 0 Å². The van der Waals surface area contributed by atoms with Gasteiger partial charge < -0.3 is 13.8 Å². The second kappa shape index (κ2) is 11.3. The van der Waals surface area contributed by atoms with Gasteiger partial charge in [-0.25, -0.2) is 15.3 Å². The van der Waals surface area contributed by atoms with Crippen LogP contribution >= 0.6 is 0 Å². The first-order valence-corrected chi connectivity index (χ1v) is 12.0. The monoisotopic (exact) mass is 524 g/mol. The molecule has 38 heavy (non-hydrogen) atoms. The van der Waals surface area contributed by atoms with Gasteiger partial charge in [0.15, 0.2) is 0 Å². The van der Waals surface area contributed by atoms with Crippen LogP contribution in [0.25, 0.3) is 33.8 Å². The van der Waals surface area contributed by atoms with E-state index < -0.39 is 7.12 Å². The fourth-order valence-corrected chi connectivity index (χ4v) is 4.44. The van der Waals surface area contributed by atoms with E-state index in [1.165, 1.54) is 0 Å². The Morgan fingerprint density at radius 2 is 0.842 bits per heavy atom. The molecule has 1 radical (unpaired) electrons. The molecule has 0 spiro atoms. The summed E-state index contributed by atoms with van der Waals surface area (Å²) in [6, 6.07) is 17.9. The molecule has 6 heterocycles. The summed E-state index contributed by atoms with van der Waals surface area (Å²) >= 11 is 0. The van der Waals surface area contributed by atoms with Crippen LogP contribution in [-0.4, -0.2) is 51.1 Å². The molecule has 0 aromatic carbocycles. The molecule has 0 saturated heterocycles. The minimum absolute atomic E-state index is 0. The van der Waals surface area contributed by atoms with Crippen molar-refractivity contribution < 1.29 is 51.4 Å². The maximum atomic E-state index is 5.01. The van der Waals surface area contributed by atoms with Gasteiger partial charge >= 0.3 is 51.4 Å². The van der Waals surface area contributed by atoms with Gasteiger partial charge in [-0.05, 0) is 92.5 Å². The first kappa shape index (κ1) is 26.4. The molecule has 0 bridgehead atoms. The summed E-state index contributed by atoms with van der Waals surface area (Å²) in [5.41, 5.74) is 8.28. The van der Waals surface area contributed by atoms with Gasteiger partial charge in [-0.15, -0.1) is 0 Å². The van der Waals surface area contributed by atoms with Gasteiger partial charge in [0.25, 0.3) is 7.12 Å². The summed E-state index contributed by atoms with van der Waals surface area (Å²) in [7, 11) is -0.471. The number of hydrogen-bond acceptors (Lipinski definition) is 6. The molecule has 6 aromatic heterocycles. The van der Waals surface area contributed by atoms with Crippen molar-refractivity contribution in [3.63, 3.8) is 0 Å². The molecule has 0 saturated carbocycles. The van der Waals surface area contributed by atoms with E-state index in [1.807, 2.05) is 89.5 Å². The normalized spacial score (nSPS) is 11.1. The number of hydrogen-bond donors (Lipinski definition) is 0. The van der Waals surface area contributed by atoms with E-state index in [4.69, 9.17) is 15.3 Å². The molecule has 11 heteroatoms. The molecule has 6 rings (SSSR count). The summed E-state index contributed by atoms with van der Waals surface area (Å²) in [5, 5.41) is 15.0. The Hall–Kier alpha value is -3.22. The second-order valence-electron chi connectivity index (χ2n) is 8.92. The van der Waals surface area contributed by atoms with E-state index in [0.717, 1.165) is 50.9 Å². The fraction of sp³-hybridized carbons (Fsp3) is 0.111. The van der Waals surface area contributed by atoms with Crippen LogP contribution in [0.5, 0.6) is 0 Å². The Labute approximate surface area is 263 Å². The SMILES string of the molecule is Cc1cc(-c2cccnc2)nn1[B-](n1nc(-c2cccnc2)cc1C)n1nc(-c2cccnc2)cc1C.[K+]. The van der Waals surface area contributed by atoms with Gasteiger partial charge in [-0.1, -0.05) is 0 Å². The van der Waals surface area contributed by atoms with Gasteiger partial charge in [-0.2, -0.15) is 0 Å². The quantitative estimate of drug-likeness (QED) is 0.306. The first-order chi connectivity index (χ1) is 18.1. The zero-order valence-electron chi connectivity index (χ0n) is 21.8. The number of aryl methyl sites for hydroxylation is 3. The molecule has 0 N–H and O–H groups in total. The third kappa shape index (κ3) is 5.07. The van der Waals surface area contributed by atoms with Crippen molar-refractivity contribution in [2.24, 2.45) is 0 Å². The van der Waals surface area contributed by atoms with Crippen LogP contribution in [0.15, 0.2) is 91.8 Å². The molecule has 0 atom stereocenters. The van der Waals surface area contributed by atoms with Gasteiger partial charge in [0.05, 0.1) is 17.1 Å². The molecule has 0 aliphatic heterocycles. The molecule has 0 aliphatic carbocycles. The summed E-state index contributed by atoms with van der Waals surface area (Å²) in [6.07, 6.45) is 10.7. The van der Waals surface area contributed by atoms with Crippen molar-refractivity contribution in [3.05, 3.63) is 109 Å². The van der Waals surface area contributed by atoms with Crippen molar-refractivity contribution in [1.29, 1.82) is 0 Å². The Bertz CT molecular complexity index is 1460. The largest absolute Gasteiger partial charge is 1.00 e. The predicted molar refractivity (Wildman–Crippen MR) is 143 cm³/mol. The summed E-state index contributed by atoms with van der Waals surface area (Å²) in [6.45, 7) is 6.13. The average Bonchev–Trinajstić information content (AvgIpc) is 3.64. The Balaban J connectivity index is 0.00000294. The molecular weight excluding hydrogens is 500 g/mol. The van der Waals surface area contributed by atoms with Gasteiger partial charge in [0.2, 0.25) is 0 Å². The van der Waals surface area contributed by atoms with E-state index in [2.05, 4.69) is 33.2 Å². The maximum absolute atomic E-state index is 5.01. The standard InChI is InChI=1S/C27H24BN9.K/c1-19-13-25(22-7-4-10-29-16-22)32-35(19)28(36-20(2)14-26(33-36)23-8-5-11-30-17-23)37-21(3)15-27(34-37)24-9-6-12-31-18-24;/h4-18H,1-3H3;/q-1;+1. The molecule has 0 amide bonds. The Kier molecular flexibility index (Phi) is 7.82. The van der Waals surface area contributed by atoms with E-state index in [9.17, 15) is 0 Å². The predicted octanol–water partition coefficient (Wildman–Crippen LogP) is 1.32. The second-order valence-corrected chi connectivity index (χ2v) is 8.92. The zero-order chi connectivity index (χ0) is 25.4. The molecule has 181 valence electrons. The smallest absolute Gasteiger partial charge is 0.422 e. The molecule has 0 unspecified atom stereocenters. The summed E-state index contributed by atoms with van der Waals surface area (Å²) in [5.74, 6) is 0. The topological polar surface area (TPSA) is 92.1 Å². The molecular formula is C27H24BKN9. The van der Waals surface area contributed by atoms with Gasteiger partial charge in [0, 0.05) is 53.9 Å². The minimum atomic E-state index is -0.471. The van der Waals surface area contributed by atoms with E-state index in [-0.39, 0.29) is 51.4 Å². The Morgan fingerprint density at radius 1 is 0.526 bits per heavy atom. The van der Waals surface area contributed by atoms with Crippen molar-refractivity contribution in [2.45, 2.75) is 20.8 Å². The van der Waals surface area contributed by atoms with Crippen molar-refractivity contribution >= 4 is 7.12 Å². The summed E-state index contributed by atoms with van der Waals surface area (Å²) < 4.78 is 5.88. The van der Waals surface area contributed by atoms with E-state index >= 15 is 0 Å². The van der Waals surface area contributed by atoms with Crippen LogP contribution in [0.4, 0.5) is 0 Å². The van der Waals surface area contributed by atoms with Crippen LogP contribution in [0.1, 0.15) is 17.1 Å². The number of aromatic nitrogens is 9. The van der Waals surface area contributed by atoms with Crippen molar-refractivity contribution in [1.82, 2.24) is 44.0 Å². The van der Waals surface area contributed by atoms with Crippen LogP contribution in [0, 0.1) is 20.8 Å². The third-order valence-electron chi connectivity index (χ3n) is 6.30. The fourth-order valence-electron chi connectivity index (χ4n) is 4.44. The van der Waals surface area contributed by atoms with Gasteiger partial charge in [-0.3, -0.25) is 15.0 Å². The van der Waals surface area contributed by atoms with Crippen molar-refractivity contribution in [3.8, 4) is 33.8 Å². The number of pyridine rings is 3. The van der Waals surface area contributed by atoms with Crippen LogP contribution in [-0.2, 0) is 0 Å². The zero-order valence-corrected chi connectivity index (χ0v) is 24.9. The van der Waals surface area contributed by atoms with Gasteiger partial charge in [0.1, 0.15) is 0 Å². The number of nitrogens with zero attached hydrogens (tertiary/aromatic N) is 9. The van der Waals surface area contributed by atoms with Crippen LogP contribution < -0.4 is 51.4 Å². The molecule has 0 fully saturated rings. The van der Waals surface area contributed by atoms with Crippen LogP contribution in [0.3, 0.4) is 0 Å². The summed E-state index contributed by atoms with van der Waals surface area (Å²) in [4.78, 5) is 12.8. The maximum Gasteiger partial charge on any atom is 1.00 e. The molecule has 9 nitrogen and oxygen atoms in total. The first-order valence-electron chi connectivity index (χ1n) is 12.0. The average molecular weight is 524 g/mol. The Morgan fingerprint density at radius 3 is 1.11 bits per heavy atom. The van der Waals surface area contributed by atoms with E-state index in [1.54, 1.807) is 18.6 Å². The molecule has 0 aliphatic rings. The minimum Gasteiger partial charge on any atom is -0.422 e. The van der Waals surface area contributed by atoms with E-state index in [0.29, 0.717) is 0 Å². The third-order valence-corrected chi connectivity index (χ3v) is 6.30. The van der Waals surface area contributed by atoms with Crippen molar-refractivity contribution in [2.75, 3.05) is 0 Å². The number of rotatable bonds is 6.